The van der Waals surface area contributed by atoms with Gasteiger partial charge in [0.2, 0.25) is 0 Å². The van der Waals surface area contributed by atoms with Gasteiger partial charge in [-0.1, -0.05) is 41.4 Å². The molecular weight excluding hydrogens is 412 g/mol. The number of aryl methyl sites for hydroxylation is 2. The van der Waals surface area contributed by atoms with Crippen LogP contribution in [0.25, 0.3) is 0 Å². The van der Waals surface area contributed by atoms with Crippen LogP contribution in [0.1, 0.15) is 65.7 Å². The normalized spacial score (nSPS) is 15.4. The number of nitrogens with one attached hydrogen (secondary N) is 1. The van der Waals surface area contributed by atoms with Gasteiger partial charge in [0.05, 0.1) is 0 Å². The minimum atomic E-state index is -0.951. The third kappa shape index (κ3) is 4.85. The standard InChI is InChI=1S/C23H26N4O3S/c1-15-8-11-18(12-9-15)27(23(29)19-14-31-26-25-19)21(20-13-10-16(2)30-20)22(28)24-17-6-4-3-5-7-17/h8-14,17,21H,3-7H2,1-2H3,(H,24,28)/t21-/m1/s1. The Bertz CT molecular complexity index is 1020. The van der Waals surface area contributed by atoms with Gasteiger partial charge in [0, 0.05) is 17.1 Å². The van der Waals surface area contributed by atoms with Crippen molar-refractivity contribution in [1.29, 1.82) is 0 Å². The van der Waals surface area contributed by atoms with Crippen molar-refractivity contribution in [3.63, 3.8) is 0 Å². The van der Waals surface area contributed by atoms with Crippen LogP contribution in [0.2, 0.25) is 0 Å². The second kappa shape index (κ2) is 9.43. The topological polar surface area (TPSA) is 88.3 Å². The van der Waals surface area contributed by atoms with Crippen molar-refractivity contribution in [2.45, 2.75) is 58.0 Å². The number of carbonyl (C=O) groups excluding carboxylic acids is 2. The maximum atomic E-state index is 13.6. The van der Waals surface area contributed by atoms with Crippen LogP contribution in [0.5, 0.6) is 0 Å². The van der Waals surface area contributed by atoms with Crippen molar-refractivity contribution in [2.75, 3.05) is 4.90 Å². The van der Waals surface area contributed by atoms with E-state index in [-0.39, 0.29) is 17.6 Å². The van der Waals surface area contributed by atoms with Gasteiger partial charge in [0.1, 0.15) is 11.5 Å². The van der Waals surface area contributed by atoms with E-state index in [1.807, 2.05) is 38.1 Å². The fourth-order valence-corrected chi connectivity index (χ4v) is 4.40. The Morgan fingerprint density at radius 1 is 1.10 bits per heavy atom. The lowest BCUT2D eigenvalue weighted by Crippen LogP contribution is -2.47. The summed E-state index contributed by atoms with van der Waals surface area (Å²) in [4.78, 5) is 28.6. The molecule has 1 aromatic carbocycles. The molecule has 162 valence electrons. The summed E-state index contributed by atoms with van der Waals surface area (Å²) in [5.41, 5.74) is 1.86. The maximum absolute atomic E-state index is 13.6. The Balaban J connectivity index is 1.75. The van der Waals surface area contributed by atoms with E-state index < -0.39 is 11.9 Å². The van der Waals surface area contributed by atoms with Crippen molar-refractivity contribution in [3.8, 4) is 0 Å². The molecule has 0 aliphatic heterocycles. The van der Waals surface area contributed by atoms with Crippen molar-refractivity contribution in [1.82, 2.24) is 14.9 Å². The molecule has 0 saturated heterocycles. The maximum Gasteiger partial charge on any atom is 0.280 e. The Morgan fingerprint density at radius 2 is 1.84 bits per heavy atom. The molecule has 1 aliphatic carbocycles. The van der Waals surface area contributed by atoms with Gasteiger partial charge in [-0.15, -0.1) is 5.10 Å². The monoisotopic (exact) mass is 438 g/mol. The molecule has 0 radical (unpaired) electrons. The zero-order valence-electron chi connectivity index (χ0n) is 17.7. The molecule has 1 atom stereocenters. The molecule has 0 bridgehead atoms. The van der Waals surface area contributed by atoms with E-state index in [9.17, 15) is 9.59 Å². The number of hydrogen-bond acceptors (Lipinski definition) is 6. The van der Waals surface area contributed by atoms with E-state index in [4.69, 9.17) is 4.42 Å². The number of nitrogens with zero attached hydrogens (tertiary/aromatic N) is 3. The Kier molecular flexibility index (Phi) is 6.46. The fraction of sp³-hybridized carbons (Fsp3) is 0.391. The van der Waals surface area contributed by atoms with Gasteiger partial charge >= 0.3 is 0 Å². The summed E-state index contributed by atoms with van der Waals surface area (Å²) in [6, 6.07) is 10.2. The summed E-state index contributed by atoms with van der Waals surface area (Å²) in [6.45, 7) is 3.80. The summed E-state index contributed by atoms with van der Waals surface area (Å²) in [6.07, 6.45) is 5.29. The Labute approximate surface area is 185 Å². The molecule has 8 heteroatoms. The highest BCUT2D eigenvalue weighted by atomic mass is 32.1. The molecule has 31 heavy (non-hydrogen) atoms. The zero-order chi connectivity index (χ0) is 21.8. The quantitative estimate of drug-likeness (QED) is 0.608. The first kappa shape index (κ1) is 21.2. The van der Waals surface area contributed by atoms with Gasteiger partial charge in [-0.05, 0) is 62.5 Å². The minimum Gasteiger partial charge on any atom is -0.464 e. The first-order valence-corrected chi connectivity index (χ1v) is 11.4. The molecule has 2 amide bonds. The molecular formula is C23H26N4O3S. The summed E-state index contributed by atoms with van der Waals surface area (Å²) >= 11 is 1.10. The number of rotatable bonds is 6. The molecule has 1 aliphatic rings. The third-order valence-electron chi connectivity index (χ3n) is 5.60. The summed E-state index contributed by atoms with van der Waals surface area (Å²) in [5, 5.41) is 8.70. The number of aromatic nitrogens is 2. The third-order valence-corrected chi connectivity index (χ3v) is 6.10. The van der Waals surface area contributed by atoms with Crippen molar-refractivity contribution in [3.05, 3.63) is 64.6 Å². The highest BCUT2D eigenvalue weighted by molar-refractivity contribution is 7.03. The van der Waals surface area contributed by atoms with E-state index in [0.29, 0.717) is 17.2 Å². The van der Waals surface area contributed by atoms with Crippen LogP contribution in [0, 0.1) is 13.8 Å². The SMILES string of the molecule is Cc1ccc(N(C(=O)c2csnn2)[C@@H](C(=O)NC2CCCCC2)c2ccc(C)o2)cc1. The van der Waals surface area contributed by atoms with Gasteiger partial charge in [0.25, 0.3) is 11.8 Å². The van der Waals surface area contributed by atoms with Gasteiger partial charge in [-0.3, -0.25) is 14.5 Å². The molecule has 0 unspecified atom stereocenters. The van der Waals surface area contributed by atoms with Crippen LogP contribution in [0.15, 0.2) is 46.2 Å². The van der Waals surface area contributed by atoms with E-state index in [1.165, 1.54) is 11.3 Å². The lowest BCUT2D eigenvalue weighted by atomic mass is 9.95. The molecule has 4 rings (SSSR count). The van der Waals surface area contributed by atoms with Crippen LogP contribution < -0.4 is 10.2 Å². The van der Waals surface area contributed by atoms with Gasteiger partial charge in [-0.2, -0.15) is 0 Å². The van der Waals surface area contributed by atoms with Gasteiger partial charge < -0.3 is 9.73 Å². The van der Waals surface area contributed by atoms with Crippen LogP contribution >= 0.6 is 11.5 Å². The predicted octanol–water partition coefficient (Wildman–Crippen LogP) is 4.58. The smallest absolute Gasteiger partial charge is 0.280 e. The number of benzene rings is 1. The summed E-state index contributed by atoms with van der Waals surface area (Å²) in [5.74, 6) is 0.453. The van der Waals surface area contributed by atoms with Crippen LogP contribution in [-0.2, 0) is 4.79 Å². The number of furan rings is 1. The highest BCUT2D eigenvalue weighted by Crippen LogP contribution is 2.31. The van der Waals surface area contributed by atoms with E-state index in [1.54, 1.807) is 17.5 Å². The van der Waals surface area contributed by atoms with E-state index >= 15 is 0 Å². The molecule has 7 nitrogen and oxygen atoms in total. The largest absolute Gasteiger partial charge is 0.464 e. The second-order valence-electron chi connectivity index (χ2n) is 8.00. The zero-order valence-corrected chi connectivity index (χ0v) is 18.5. The molecule has 2 aromatic heterocycles. The molecule has 1 fully saturated rings. The average molecular weight is 439 g/mol. The number of anilines is 1. The minimum absolute atomic E-state index is 0.107. The number of carbonyl (C=O) groups is 2. The van der Waals surface area contributed by atoms with Gasteiger partial charge in [-0.25, -0.2) is 0 Å². The van der Waals surface area contributed by atoms with Crippen molar-refractivity contribution >= 4 is 29.0 Å². The molecule has 1 N–H and O–H groups in total. The summed E-state index contributed by atoms with van der Waals surface area (Å²) in [7, 11) is 0. The van der Waals surface area contributed by atoms with Crippen molar-refractivity contribution in [2.24, 2.45) is 0 Å². The van der Waals surface area contributed by atoms with E-state index in [2.05, 4.69) is 14.9 Å². The number of amides is 2. The van der Waals surface area contributed by atoms with Crippen LogP contribution in [-0.4, -0.2) is 27.4 Å². The van der Waals surface area contributed by atoms with Gasteiger partial charge in [0.15, 0.2) is 11.7 Å². The Hall–Kier alpha value is -3.00. The lowest BCUT2D eigenvalue weighted by Gasteiger charge is -2.31. The molecule has 2 heterocycles. The molecule has 3 aromatic rings. The first-order chi connectivity index (χ1) is 15.0. The van der Waals surface area contributed by atoms with Crippen LogP contribution in [0.4, 0.5) is 5.69 Å². The van der Waals surface area contributed by atoms with Crippen molar-refractivity contribution < 1.29 is 14.0 Å². The average Bonchev–Trinajstić information content (AvgIpc) is 3.45. The first-order valence-electron chi connectivity index (χ1n) is 10.6. The fourth-order valence-electron chi connectivity index (χ4n) is 3.97. The highest BCUT2D eigenvalue weighted by Gasteiger charge is 2.37. The second-order valence-corrected chi connectivity index (χ2v) is 8.61. The lowest BCUT2D eigenvalue weighted by molar-refractivity contribution is -0.123. The predicted molar refractivity (Wildman–Crippen MR) is 119 cm³/mol. The molecule has 0 spiro atoms. The summed E-state index contributed by atoms with van der Waals surface area (Å²) < 4.78 is 9.69. The van der Waals surface area contributed by atoms with Crippen LogP contribution in [0.3, 0.4) is 0 Å². The molecule has 1 saturated carbocycles. The Morgan fingerprint density at radius 3 is 2.45 bits per heavy atom. The number of hydrogen-bond donors (Lipinski definition) is 1. The van der Waals surface area contributed by atoms with E-state index in [0.717, 1.165) is 42.8 Å².